The van der Waals surface area contributed by atoms with Crippen LogP contribution in [0, 0.1) is 0 Å². The van der Waals surface area contributed by atoms with E-state index >= 15 is 0 Å². The number of nitrogens with zero attached hydrogens (tertiary/aromatic N) is 7. The SMILES string of the molecule is Cn1cc(-c2ccc3ncc(C(C)(O)c4ccc5nn(COCC[Si](C)(C)C)cc5c4)n3n2)cn1. The maximum absolute atomic E-state index is 11.7. The fraction of sp³-hybridized carbons (Fsp3) is 0.360. The molecule has 1 aromatic carbocycles. The molecule has 5 rings (SSSR count). The number of hydrogen-bond donors (Lipinski definition) is 1. The van der Waals surface area contributed by atoms with Crippen LogP contribution in [0.3, 0.4) is 0 Å². The molecular weight excluding hydrogens is 458 g/mol. The summed E-state index contributed by atoms with van der Waals surface area (Å²) < 4.78 is 11.1. The summed E-state index contributed by atoms with van der Waals surface area (Å²) in [5.74, 6) is 0. The van der Waals surface area contributed by atoms with Crippen molar-refractivity contribution in [3.63, 3.8) is 0 Å². The van der Waals surface area contributed by atoms with Crippen molar-refractivity contribution in [2.24, 2.45) is 7.05 Å². The third-order valence-electron chi connectivity index (χ3n) is 6.20. The van der Waals surface area contributed by atoms with Crippen LogP contribution in [0.4, 0.5) is 0 Å². The van der Waals surface area contributed by atoms with Crippen molar-refractivity contribution < 1.29 is 9.84 Å². The van der Waals surface area contributed by atoms with Crippen molar-refractivity contribution in [1.29, 1.82) is 0 Å². The summed E-state index contributed by atoms with van der Waals surface area (Å²) in [5, 5.41) is 26.2. The quantitative estimate of drug-likeness (QED) is 0.261. The Morgan fingerprint density at radius 1 is 1.06 bits per heavy atom. The minimum atomic E-state index is -1.32. The maximum Gasteiger partial charge on any atom is 0.153 e. The summed E-state index contributed by atoms with van der Waals surface area (Å²) >= 11 is 0. The van der Waals surface area contributed by atoms with E-state index in [0.29, 0.717) is 18.1 Å². The van der Waals surface area contributed by atoms with E-state index in [2.05, 4.69) is 34.8 Å². The molecule has 0 radical (unpaired) electrons. The Hall–Kier alpha value is -3.34. The Balaban J connectivity index is 1.42. The zero-order valence-corrected chi connectivity index (χ0v) is 21.8. The summed E-state index contributed by atoms with van der Waals surface area (Å²) in [6, 6.07) is 10.7. The summed E-state index contributed by atoms with van der Waals surface area (Å²) in [6.07, 6.45) is 7.30. The molecule has 10 heteroatoms. The highest BCUT2D eigenvalue weighted by Gasteiger charge is 2.30. The predicted octanol–water partition coefficient (Wildman–Crippen LogP) is 4.05. The van der Waals surface area contributed by atoms with Gasteiger partial charge in [-0.05, 0) is 42.8 Å². The van der Waals surface area contributed by atoms with Gasteiger partial charge in [0, 0.05) is 45.1 Å². The topological polar surface area (TPSA) is 95.3 Å². The van der Waals surface area contributed by atoms with Gasteiger partial charge in [-0.2, -0.15) is 15.3 Å². The van der Waals surface area contributed by atoms with Crippen LogP contribution >= 0.6 is 0 Å². The fourth-order valence-electron chi connectivity index (χ4n) is 4.04. The summed E-state index contributed by atoms with van der Waals surface area (Å²) in [4.78, 5) is 4.47. The molecule has 0 bridgehead atoms. The van der Waals surface area contributed by atoms with Gasteiger partial charge in [0.2, 0.25) is 0 Å². The van der Waals surface area contributed by atoms with E-state index < -0.39 is 13.7 Å². The number of rotatable bonds is 8. The van der Waals surface area contributed by atoms with Gasteiger partial charge in [0.05, 0.1) is 29.3 Å². The first-order chi connectivity index (χ1) is 16.6. The minimum absolute atomic E-state index is 0.416. The first kappa shape index (κ1) is 23.4. The largest absolute Gasteiger partial charge is 0.379 e. The van der Waals surface area contributed by atoms with Gasteiger partial charge >= 0.3 is 0 Å². The van der Waals surface area contributed by atoms with Crippen LogP contribution < -0.4 is 0 Å². The smallest absolute Gasteiger partial charge is 0.153 e. The van der Waals surface area contributed by atoms with Crippen molar-refractivity contribution in [3.8, 4) is 11.3 Å². The summed E-state index contributed by atoms with van der Waals surface area (Å²) in [6.45, 7) is 9.94. The fourth-order valence-corrected chi connectivity index (χ4v) is 4.80. The molecule has 35 heavy (non-hydrogen) atoms. The molecule has 5 aromatic rings. The molecule has 0 aliphatic heterocycles. The molecule has 0 aliphatic carbocycles. The first-order valence-corrected chi connectivity index (χ1v) is 15.4. The number of imidazole rings is 1. The highest BCUT2D eigenvalue weighted by atomic mass is 28.3. The van der Waals surface area contributed by atoms with Crippen LogP contribution in [0.25, 0.3) is 27.8 Å². The highest BCUT2D eigenvalue weighted by molar-refractivity contribution is 6.76. The molecule has 182 valence electrons. The van der Waals surface area contributed by atoms with Gasteiger partial charge in [-0.25, -0.2) is 14.2 Å². The Bertz CT molecular complexity index is 1490. The number of aliphatic hydroxyl groups is 1. The lowest BCUT2D eigenvalue weighted by Gasteiger charge is -2.23. The van der Waals surface area contributed by atoms with Gasteiger partial charge in [-0.3, -0.25) is 4.68 Å². The molecule has 9 nitrogen and oxygen atoms in total. The average molecular weight is 490 g/mol. The molecule has 4 aromatic heterocycles. The van der Waals surface area contributed by atoms with Crippen LogP contribution in [0.5, 0.6) is 0 Å². The minimum Gasteiger partial charge on any atom is -0.379 e. The maximum atomic E-state index is 11.7. The molecule has 0 amide bonds. The predicted molar refractivity (Wildman–Crippen MR) is 138 cm³/mol. The molecule has 0 fully saturated rings. The lowest BCUT2D eigenvalue weighted by Crippen LogP contribution is -2.25. The van der Waals surface area contributed by atoms with E-state index in [1.54, 1.807) is 28.5 Å². The number of benzene rings is 1. The number of aryl methyl sites for hydroxylation is 1. The van der Waals surface area contributed by atoms with Gasteiger partial charge in [0.1, 0.15) is 12.3 Å². The number of hydrogen-bond acceptors (Lipinski definition) is 6. The molecule has 1 unspecified atom stereocenters. The molecular formula is C25H31N7O2Si. The second kappa shape index (κ2) is 8.70. The summed E-state index contributed by atoms with van der Waals surface area (Å²) in [5.41, 5.74) is 3.18. The van der Waals surface area contributed by atoms with E-state index in [-0.39, 0.29) is 0 Å². The average Bonchev–Trinajstić information content (AvgIpc) is 3.52. The zero-order chi connectivity index (χ0) is 24.8. The molecule has 0 saturated carbocycles. The van der Waals surface area contributed by atoms with Crippen LogP contribution in [0.15, 0.2) is 55.1 Å². The van der Waals surface area contributed by atoms with Crippen molar-refractivity contribution in [3.05, 3.63) is 66.4 Å². The van der Waals surface area contributed by atoms with Crippen LogP contribution in [-0.4, -0.2) is 53.9 Å². The van der Waals surface area contributed by atoms with Crippen molar-refractivity contribution in [2.45, 2.75) is 44.9 Å². The van der Waals surface area contributed by atoms with Gasteiger partial charge in [0.15, 0.2) is 5.65 Å². The number of ether oxygens (including phenoxy) is 1. The van der Waals surface area contributed by atoms with E-state index in [1.807, 2.05) is 54.5 Å². The van der Waals surface area contributed by atoms with E-state index in [1.165, 1.54) is 0 Å². The van der Waals surface area contributed by atoms with Gasteiger partial charge < -0.3 is 9.84 Å². The van der Waals surface area contributed by atoms with Crippen LogP contribution in [0.2, 0.25) is 25.7 Å². The molecule has 0 saturated heterocycles. The Morgan fingerprint density at radius 2 is 1.89 bits per heavy atom. The molecule has 1 N–H and O–H groups in total. The Labute approximate surface area is 205 Å². The molecule has 0 aliphatic rings. The van der Waals surface area contributed by atoms with Gasteiger partial charge in [-0.1, -0.05) is 25.7 Å². The number of aromatic nitrogens is 7. The zero-order valence-electron chi connectivity index (χ0n) is 20.8. The lowest BCUT2D eigenvalue weighted by molar-refractivity contribution is 0.0791. The standard InChI is InChI=1S/C25H31N7O2Si/c1-25(33,23-14-26-24-9-8-22(29-32(23)24)19-13-27-30(2)15-19)20-6-7-21-18(12-20)16-31(28-21)17-34-10-11-35(3,4)5/h6-9,12-16,33H,10-11,17H2,1-5H3. The van der Waals surface area contributed by atoms with Crippen molar-refractivity contribution in [1.82, 2.24) is 34.2 Å². The van der Waals surface area contributed by atoms with Crippen molar-refractivity contribution in [2.75, 3.05) is 6.61 Å². The normalized spacial score (nSPS) is 14.1. The van der Waals surface area contributed by atoms with Crippen molar-refractivity contribution >= 4 is 24.6 Å². The lowest BCUT2D eigenvalue weighted by atomic mass is 9.92. The molecule has 0 spiro atoms. The monoisotopic (exact) mass is 489 g/mol. The second-order valence-electron chi connectivity index (χ2n) is 10.4. The first-order valence-electron chi connectivity index (χ1n) is 11.7. The third-order valence-corrected chi connectivity index (χ3v) is 7.90. The van der Waals surface area contributed by atoms with Gasteiger partial charge in [0.25, 0.3) is 0 Å². The third kappa shape index (κ3) is 4.77. The highest BCUT2D eigenvalue weighted by Crippen LogP contribution is 2.32. The number of fused-ring (bicyclic) bond motifs is 2. The molecule has 4 heterocycles. The summed E-state index contributed by atoms with van der Waals surface area (Å²) in [7, 11) is 0.746. The van der Waals surface area contributed by atoms with Crippen LogP contribution in [-0.2, 0) is 24.1 Å². The molecule has 1 atom stereocenters. The Kier molecular flexibility index (Phi) is 5.82. The Morgan fingerprint density at radius 3 is 2.63 bits per heavy atom. The van der Waals surface area contributed by atoms with E-state index in [4.69, 9.17) is 9.84 Å². The van der Waals surface area contributed by atoms with E-state index in [0.717, 1.165) is 40.4 Å². The van der Waals surface area contributed by atoms with E-state index in [9.17, 15) is 5.11 Å². The van der Waals surface area contributed by atoms with Gasteiger partial charge in [-0.15, -0.1) is 0 Å². The van der Waals surface area contributed by atoms with Crippen LogP contribution in [0.1, 0.15) is 18.2 Å². The second-order valence-corrected chi connectivity index (χ2v) is 16.0.